The molecule has 7 heteroatoms. The number of hydrogen-bond acceptors (Lipinski definition) is 4. The van der Waals surface area contributed by atoms with Crippen LogP contribution in [-0.2, 0) is 19.6 Å². The molecule has 0 radical (unpaired) electrons. The van der Waals surface area contributed by atoms with Crippen molar-refractivity contribution in [2.75, 3.05) is 7.11 Å². The lowest BCUT2D eigenvalue weighted by Gasteiger charge is -2.24. The highest BCUT2D eigenvalue weighted by Crippen LogP contribution is 2.36. The van der Waals surface area contributed by atoms with Crippen LogP contribution in [0.1, 0.15) is 11.1 Å². The molecule has 0 atom stereocenters. The topological polar surface area (TPSA) is 72.5 Å². The molecular formula is C16H12ClNO4S. The summed E-state index contributed by atoms with van der Waals surface area (Å²) in [6.07, 6.45) is 0. The van der Waals surface area contributed by atoms with E-state index >= 15 is 0 Å². The molecule has 1 aliphatic rings. The quantitative estimate of drug-likeness (QED) is 0.846. The molecule has 3 rings (SSSR count). The van der Waals surface area contributed by atoms with E-state index in [4.69, 9.17) is 16.3 Å². The number of esters is 1. The van der Waals surface area contributed by atoms with E-state index in [1.165, 1.54) is 25.3 Å². The second-order valence-corrected chi connectivity index (χ2v) is 6.94. The van der Waals surface area contributed by atoms with Gasteiger partial charge in [-0.1, -0.05) is 41.9 Å². The zero-order valence-electron chi connectivity index (χ0n) is 12.0. The Morgan fingerprint density at radius 3 is 2.48 bits per heavy atom. The van der Waals surface area contributed by atoms with Gasteiger partial charge in [0.15, 0.2) is 0 Å². The van der Waals surface area contributed by atoms with Crippen molar-refractivity contribution < 1.29 is 17.9 Å². The zero-order chi connectivity index (χ0) is 16.6. The Morgan fingerprint density at radius 1 is 1.13 bits per heavy atom. The lowest BCUT2D eigenvalue weighted by Crippen LogP contribution is -2.33. The summed E-state index contributed by atoms with van der Waals surface area (Å²) in [5.74, 6) is -0.766. The minimum absolute atomic E-state index is 0.0633. The second kappa shape index (κ2) is 5.72. The lowest BCUT2D eigenvalue weighted by molar-refractivity contribution is -0.136. The molecule has 0 fully saturated rings. The fraction of sp³-hybridized carbons (Fsp3) is 0.0625. The van der Waals surface area contributed by atoms with Crippen LogP contribution in [0, 0.1) is 0 Å². The number of carbonyl (C=O) groups is 1. The highest BCUT2D eigenvalue weighted by Gasteiger charge is 2.33. The minimum Gasteiger partial charge on any atom is -0.464 e. The largest absolute Gasteiger partial charge is 0.464 e. The first kappa shape index (κ1) is 15.6. The third-order valence-electron chi connectivity index (χ3n) is 3.44. The van der Waals surface area contributed by atoms with Crippen LogP contribution in [-0.4, -0.2) is 21.5 Å². The van der Waals surface area contributed by atoms with Crippen molar-refractivity contribution in [3.8, 4) is 0 Å². The molecular weight excluding hydrogens is 338 g/mol. The van der Waals surface area contributed by atoms with Crippen LogP contribution < -0.4 is 4.72 Å². The van der Waals surface area contributed by atoms with Crippen LogP contribution in [0.15, 0.2) is 59.1 Å². The highest BCUT2D eigenvalue weighted by atomic mass is 35.5. The second-order valence-electron chi connectivity index (χ2n) is 4.85. The highest BCUT2D eigenvalue weighted by molar-refractivity contribution is 7.89. The van der Waals surface area contributed by atoms with E-state index in [1.54, 1.807) is 24.3 Å². The molecule has 1 heterocycles. The average molecular weight is 350 g/mol. The van der Waals surface area contributed by atoms with Crippen molar-refractivity contribution in [2.45, 2.75) is 4.90 Å². The Hall–Kier alpha value is -2.31. The molecule has 23 heavy (non-hydrogen) atoms. The molecule has 118 valence electrons. The number of sulfonamides is 1. The van der Waals surface area contributed by atoms with Crippen LogP contribution in [0.2, 0.25) is 5.02 Å². The van der Waals surface area contributed by atoms with Gasteiger partial charge >= 0.3 is 5.97 Å². The predicted octanol–water partition coefficient (Wildman–Crippen LogP) is 2.56. The Kier molecular flexibility index (Phi) is 3.87. The Labute approximate surface area is 138 Å². The summed E-state index contributed by atoms with van der Waals surface area (Å²) in [5.41, 5.74) is 1.35. The van der Waals surface area contributed by atoms with E-state index in [0.717, 1.165) is 0 Å². The van der Waals surface area contributed by atoms with Gasteiger partial charge in [0.05, 0.1) is 12.0 Å². The molecule has 0 spiro atoms. The summed E-state index contributed by atoms with van der Waals surface area (Å²) in [4.78, 5) is 12.2. The van der Waals surface area contributed by atoms with E-state index in [-0.39, 0.29) is 10.6 Å². The van der Waals surface area contributed by atoms with Crippen molar-refractivity contribution in [1.82, 2.24) is 4.72 Å². The Balaban J connectivity index is 2.40. The van der Waals surface area contributed by atoms with Gasteiger partial charge in [0.25, 0.3) is 10.0 Å². The standard InChI is InChI=1S/C16H12ClNO4S/c1-22-16(19)15-14(10-5-3-2-4-6-10)12-9-11(17)7-8-13(12)23(20,21)18-15/h2-9,18H,1H3. The van der Waals surface area contributed by atoms with E-state index in [2.05, 4.69) is 4.72 Å². The van der Waals surface area contributed by atoms with Crippen molar-refractivity contribution in [2.24, 2.45) is 0 Å². The lowest BCUT2D eigenvalue weighted by atomic mass is 9.95. The van der Waals surface area contributed by atoms with Crippen molar-refractivity contribution in [1.29, 1.82) is 0 Å². The Bertz CT molecular complexity index is 920. The van der Waals surface area contributed by atoms with Gasteiger partial charge in [0.2, 0.25) is 0 Å². The molecule has 0 bridgehead atoms. The van der Waals surface area contributed by atoms with Gasteiger partial charge in [-0.3, -0.25) is 4.72 Å². The molecule has 1 N–H and O–H groups in total. The number of methoxy groups -OCH3 is 1. The molecule has 0 saturated heterocycles. The SMILES string of the molecule is COC(=O)C1=C(c2ccccc2)c2cc(Cl)ccc2S(=O)(=O)N1. The fourth-order valence-corrected chi connectivity index (χ4v) is 3.89. The van der Waals surface area contributed by atoms with Crippen LogP contribution in [0.4, 0.5) is 0 Å². The summed E-state index contributed by atoms with van der Waals surface area (Å²) in [5, 5.41) is 0.374. The van der Waals surface area contributed by atoms with E-state index in [1.807, 2.05) is 6.07 Å². The summed E-state index contributed by atoms with van der Waals surface area (Å²) >= 11 is 6.03. The molecule has 5 nitrogen and oxygen atoms in total. The van der Waals surface area contributed by atoms with Gasteiger partial charge < -0.3 is 4.74 Å². The van der Waals surface area contributed by atoms with Gasteiger partial charge in [0.1, 0.15) is 5.70 Å². The number of halogens is 1. The first-order valence-corrected chi connectivity index (χ1v) is 8.51. The average Bonchev–Trinajstić information content (AvgIpc) is 2.54. The molecule has 2 aromatic carbocycles. The third-order valence-corrected chi connectivity index (χ3v) is 5.08. The normalized spacial score (nSPS) is 15.6. The van der Waals surface area contributed by atoms with Crippen LogP contribution in [0.5, 0.6) is 0 Å². The van der Waals surface area contributed by atoms with Crippen molar-refractivity contribution >= 4 is 33.2 Å². The molecule has 0 amide bonds. The van der Waals surface area contributed by atoms with E-state index < -0.39 is 16.0 Å². The molecule has 0 saturated carbocycles. The van der Waals surface area contributed by atoms with Crippen LogP contribution in [0.3, 0.4) is 0 Å². The third kappa shape index (κ3) is 2.71. The number of nitrogens with one attached hydrogen (secondary N) is 1. The van der Waals surface area contributed by atoms with E-state index in [9.17, 15) is 13.2 Å². The van der Waals surface area contributed by atoms with Gasteiger partial charge in [-0.15, -0.1) is 0 Å². The van der Waals surface area contributed by atoms with Crippen molar-refractivity contribution in [3.05, 3.63) is 70.4 Å². The molecule has 1 aliphatic heterocycles. The van der Waals surface area contributed by atoms with Gasteiger partial charge in [-0.25, -0.2) is 13.2 Å². The summed E-state index contributed by atoms with van der Waals surface area (Å²) in [6.45, 7) is 0. The summed E-state index contributed by atoms with van der Waals surface area (Å²) in [7, 11) is -2.68. The first-order valence-electron chi connectivity index (χ1n) is 6.65. The van der Waals surface area contributed by atoms with Gasteiger partial charge in [-0.2, -0.15) is 0 Å². The fourth-order valence-electron chi connectivity index (χ4n) is 2.46. The monoisotopic (exact) mass is 349 g/mol. The zero-order valence-corrected chi connectivity index (χ0v) is 13.6. The first-order chi connectivity index (χ1) is 10.9. The van der Waals surface area contributed by atoms with Crippen LogP contribution in [0.25, 0.3) is 5.57 Å². The number of rotatable bonds is 2. The van der Waals surface area contributed by atoms with Gasteiger partial charge in [-0.05, 0) is 23.8 Å². The molecule has 0 unspecified atom stereocenters. The smallest absolute Gasteiger partial charge is 0.355 e. The minimum atomic E-state index is -3.87. The van der Waals surface area contributed by atoms with Crippen molar-refractivity contribution in [3.63, 3.8) is 0 Å². The maximum absolute atomic E-state index is 12.4. The van der Waals surface area contributed by atoms with Gasteiger partial charge in [0, 0.05) is 16.2 Å². The molecule has 0 aromatic heterocycles. The summed E-state index contributed by atoms with van der Waals surface area (Å²) < 4.78 is 31.8. The summed E-state index contributed by atoms with van der Waals surface area (Å²) in [6, 6.07) is 13.4. The van der Waals surface area contributed by atoms with E-state index in [0.29, 0.717) is 21.7 Å². The number of fused-ring (bicyclic) bond motifs is 1. The maximum Gasteiger partial charge on any atom is 0.355 e. The number of benzene rings is 2. The predicted molar refractivity (Wildman–Crippen MR) is 86.3 cm³/mol. The number of ether oxygens (including phenoxy) is 1. The number of hydrogen-bond donors (Lipinski definition) is 1. The molecule has 2 aromatic rings. The maximum atomic E-state index is 12.4. The van der Waals surface area contributed by atoms with Crippen LogP contribution >= 0.6 is 11.6 Å². The number of carbonyl (C=O) groups excluding carboxylic acids is 1. The molecule has 0 aliphatic carbocycles. The Morgan fingerprint density at radius 2 is 1.83 bits per heavy atom.